The molecule has 7 nitrogen and oxygen atoms in total. The molecule has 2 atom stereocenters. The Labute approximate surface area is 231 Å². The van der Waals surface area contributed by atoms with Gasteiger partial charge in [0.05, 0.1) is 27.4 Å². The van der Waals surface area contributed by atoms with Gasteiger partial charge in [-0.2, -0.15) is 0 Å². The van der Waals surface area contributed by atoms with Crippen molar-refractivity contribution in [3.05, 3.63) is 53.2 Å². The van der Waals surface area contributed by atoms with Crippen molar-refractivity contribution in [2.75, 3.05) is 41.0 Å². The van der Waals surface area contributed by atoms with Crippen LogP contribution in [0.5, 0.6) is 17.2 Å². The highest BCUT2D eigenvalue weighted by Gasteiger charge is 2.47. The van der Waals surface area contributed by atoms with Gasteiger partial charge in [-0.15, -0.1) is 24.8 Å². The monoisotopic (exact) mass is 549 g/mol. The van der Waals surface area contributed by atoms with Crippen LogP contribution in [-0.2, 0) is 6.42 Å². The topological polar surface area (TPSA) is 75.8 Å². The summed E-state index contributed by atoms with van der Waals surface area (Å²) in [5.41, 5.74) is 4.42. The number of rotatable bonds is 7. The SMILES string of the molecule is CCC1(CNC(=O)c2cc(OC)c(OC)c(OC)c2)CCCN2CCc3c([nH]c4ccccc34)C21.Cl.Cl. The van der Waals surface area contributed by atoms with Gasteiger partial charge in [-0.05, 0) is 56.0 Å². The first-order valence-corrected chi connectivity index (χ1v) is 12.5. The summed E-state index contributed by atoms with van der Waals surface area (Å²) in [7, 11) is 4.67. The number of para-hydroxylation sites is 1. The molecule has 5 rings (SSSR count). The van der Waals surface area contributed by atoms with Crippen molar-refractivity contribution in [3.63, 3.8) is 0 Å². The van der Waals surface area contributed by atoms with Gasteiger partial charge < -0.3 is 24.5 Å². The Morgan fingerprint density at radius 3 is 2.43 bits per heavy atom. The van der Waals surface area contributed by atoms with E-state index in [0.29, 0.717) is 29.4 Å². The van der Waals surface area contributed by atoms with Gasteiger partial charge in [-0.3, -0.25) is 9.69 Å². The smallest absolute Gasteiger partial charge is 0.251 e. The molecule has 3 aromatic rings. The van der Waals surface area contributed by atoms with Gasteiger partial charge in [0.15, 0.2) is 11.5 Å². The molecule has 2 aliphatic heterocycles. The largest absolute Gasteiger partial charge is 0.493 e. The highest BCUT2D eigenvalue weighted by molar-refractivity contribution is 5.95. The number of aromatic nitrogens is 1. The summed E-state index contributed by atoms with van der Waals surface area (Å²) in [4.78, 5) is 19.7. The normalized spacial score (nSPS) is 20.6. The number of carbonyl (C=O) groups is 1. The molecule has 2 unspecified atom stereocenters. The molecule has 0 aliphatic carbocycles. The number of amides is 1. The first-order chi connectivity index (χ1) is 17.0. The van der Waals surface area contributed by atoms with Crippen LogP contribution in [0.1, 0.15) is 53.8 Å². The van der Waals surface area contributed by atoms with Gasteiger partial charge in [0.1, 0.15) is 0 Å². The lowest BCUT2D eigenvalue weighted by Gasteiger charge is -2.52. The number of piperidine rings is 1. The van der Waals surface area contributed by atoms with Crippen molar-refractivity contribution in [3.8, 4) is 17.2 Å². The van der Waals surface area contributed by atoms with Crippen LogP contribution < -0.4 is 19.5 Å². The number of halogens is 2. The molecular formula is C28H37Cl2N3O4. The van der Waals surface area contributed by atoms with Crippen LogP contribution in [0.25, 0.3) is 10.9 Å². The Bertz CT molecular complexity index is 1220. The predicted octanol–water partition coefficient (Wildman–Crippen LogP) is 5.56. The predicted molar refractivity (Wildman–Crippen MR) is 151 cm³/mol. The zero-order chi connectivity index (χ0) is 24.6. The van der Waals surface area contributed by atoms with Crippen molar-refractivity contribution in [1.29, 1.82) is 0 Å². The average molecular weight is 551 g/mol. The quantitative estimate of drug-likeness (QED) is 0.403. The fourth-order valence-electron chi connectivity index (χ4n) is 6.25. The van der Waals surface area contributed by atoms with Gasteiger partial charge in [-0.1, -0.05) is 25.1 Å². The fourth-order valence-corrected chi connectivity index (χ4v) is 6.25. The second-order valence-corrected chi connectivity index (χ2v) is 9.67. The van der Waals surface area contributed by atoms with Gasteiger partial charge in [0.25, 0.3) is 5.91 Å². The third-order valence-electron chi connectivity index (χ3n) is 8.07. The number of nitrogens with zero attached hydrogens (tertiary/aromatic N) is 1. The summed E-state index contributed by atoms with van der Waals surface area (Å²) in [6.07, 6.45) is 4.26. The Balaban J connectivity index is 0.00000190. The maximum Gasteiger partial charge on any atom is 0.251 e. The number of benzene rings is 2. The number of hydrogen-bond acceptors (Lipinski definition) is 5. The molecule has 1 fully saturated rings. The lowest BCUT2D eigenvalue weighted by atomic mass is 9.68. The fraction of sp³-hybridized carbons (Fsp3) is 0.464. The Morgan fingerprint density at radius 1 is 1.08 bits per heavy atom. The number of aromatic amines is 1. The molecule has 3 heterocycles. The van der Waals surface area contributed by atoms with Crippen LogP contribution in [0, 0.1) is 5.41 Å². The molecule has 2 aliphatic rings. The van der Waals surface area contributed by atoms with Crippen molar-refractivity contribution >= 4 is 41.6 Å². The minimum absolute atomic E-state index is 0. The lowest BCUT2D eigenvalue weighted by Crippen LogP contribution is -2.53. The number of hydrogen-bond donors (Lipinski definition) is 2. The molecule has 37 heavy (non-hydrogen) atoms. The summed E-state index contributed by atoms with van der Waals surface area (Å²) in [6, 6.07) is 12.3. The third-order valence-corrected chi connectivity index (χ3v) is 8.07. The van der Waals surface area contributed by atoms with Crippen LogP contribution in [-0.4, -0.2) is 56.8 Å². The first kappa shape index (κ1) is 29.0. The first-order valence-electron chi connectivity index (χ1n) is 12.5. The van der Waals surface area contributed by atoms with E-state index in [1.165, 1.54) is 22.2 Å². The molecule has 9 heteroatoms. The van der Waals surface area contributed by atoms with Crippen LogP contribution in [0.3, 0.4) is 0 Å². The van der Waals surface area contributed by atoms with Gasteiger partial charge >= 0.3 is 0 Å². The van der Waals surface area contributed by atoms with Crippen LogP contribution in [0.2, 0.25) is 0 Å². The zero-order valence-corrected chi connectivity index (χ0v) is 23.5. The summed E-state index contributed by atoms with van der Waals surface area (Å²) in [5.74, 6) is 1.29. The number of ether oxygens (including phenoxy) is 3. The van der Waals surface area contributed by atoms with E-state index in [2.05, 4.69) is 46.4 Å². The molecule has 1 saturated heterocycles. The minimum atomic E-state index is -0.137. The van der Waals surface area contributed by atoms with Crippen LogP contribution in [0.4, 0.5) is 0 Å². The molecule has 0 saturated carbocycles. The number of carbonyl (C=O) groups excluding carboxylic acids is 1. The second kappa shape index (κ2) is 11.8. The Hall–Kier alpha value is -2.61. The summed E-state index contributed by atoms with van der Waals surface area (Å²) in [5, 5.41) is 4.60. The standard InChI is InChI=1S/C28H35N3O4.2ClH/c1-5-28(17-29-27(32)18-15-22(33-2)25(35-4)23(16-18)34-3)12-8-13-31-14-11-20-19-9-6-7-10-21(19)30-24(20)26(28)31;;/h6-7,9-10,15-16,26,30H,5,8,11-14,17H2,1-4H3,(H,29,32);2*1H. The lowest BCUT2D eigenvalue weighted by molar-refractivity contribution is -0.000300. The molecular weight excluding hydrogens is 513 g/mol. The molecule has 1 aromatic heterocycles. The second-order valence-electron chi connectivity index (χ2n) is 9.67. The zero-order valence-electron chi connectivity index (χ0n) is 21.9. The van der Waals surface area contributed by atoms with Crippen LogP contribution in [0.15, 0.2) is 36.4 Å². The number of H-pyrrole nitrogens is 1. The molecule has 2 N–H and O–H groups in total. The summed E-state index contributed by atoms with van der Waals surface area (Å²) in [6.45, 7) is 5.02. The Kier molecular flexibility index (Phi) is 9.27. The highest BCUT2D eigenvalue weighted by Crippen LogP contribution is 2.51. The van der Waals surface area contributed by atoms with E-state index in [-0.39, 0.29) is 42.2 Å². The van der Waals surface area contributed by atoms with Crippen molar-refractivity contribution in [2.24, 2.45) is 5.41 Å². The van der Waals surface area contributed by atoms with E-state index in [1.807, 2.05) is 0 Å². The minimum Gasteiger partial charge on any atom is -0.493 e. The number of methoxy groups -OCH3 is 3. The maximum atomic E-state index is 13.3. The van der Waals surface area contributed by atoms with E-state index >= 15 is 0 Å². The van der Waals surface area contributed by atoms with E-state index in [9.17, 15) is 4.79 Å². The van der Waals surface area contributed by atoms with Gasteiger partial charge in [0, 0.05) is 40.7 Å². The van der Waals surface area contributed by atoms with Gasteiger partial charge in [-0.25, -0.2) is 0 Å². The molecule has 0 spiro atoms. The molecule has 202 valence electrons. The summed E-state index contributed by atoms with van der Waals surface area (Å²) >= 11 is 0. The van der Waals surface area contributed by atoms with E-state index in [0.717, 1.165) is 38.8 Å². The molecule has 1 amide bonds. The van der Waals surface area contributed by atoms with E-state index < -0.39 is 0 Å². The maximum absolute atomic E-state index is 13.3. The molecule has 0 radical (unpaired) electrons. The average Bonchev–Trinajstić information content (AvgIpc) is 3.29. The van der Waals surface area contributed by atoms with Crippen molar-refractivity contribution in [1.82, 2.24) is 15.2 Å². The third kappa shape index (κ3) is 4.97. The van der Waals surface area contributed by atoms with E-state index in [1.54, 1.807) is 33.5 Å². The molecule has 0 bridgehead atoms. The Morgan fingerprint density at radius 2 is 1.78 bits per heavy atom. The van der Waals surface area contributed by atoms with Gasteiger partial charge in [0.2, 0.25) is 5.75 Å². The van der Waals surface area contributed by atoms with Crippen molar-refractivity contribution in [2.45, 2.75) is 38.6 Å². The molecule has 2 aromatic carbocycles. The highest BCUT2D eigenvalue weighted by atomic mass is 35.5. The summed E-state index contributed by atoms with van der Waals surface area (Å²) < 4.78 is 16.3. The number of nitrogens with one attached hydrogen (secondary N) is 2. The number of fused-ring (bicyclic) bond motifs is 5. The van der Waals surface area contributed by atoms with E-state index in [4.69, 9.17) is 14.2 Å². The van der Waals surface area contributed by atoms with Crippen molar-refractivity contribution < 1.29 is 19.0 Å². The van der Waals surface area contributed by atoms with Crippen LogP contribution >= 0.6 is 24.8 Å².